The first kappa shape index (κ1) is 31.0. The van der Waals surface area contributed by atoms with Gasteiger partial charge in [-0.2, -0.15) is 13.2 Å². The van der Waals surface area contributed by atoms with E-state index in [4.69, 9.17) is 16.3 Å². The molecule has 47 heavy (non-hydrogen) atoms. The van der Waals surface area contributed by atoms with Crippen LogP contribution in [0.2, 0.25) is 5.02 Å². The standard InChI is InChI=1S/C33H29ClF3N3O5S2/c34-16-7-8-21(45-14-22(41)39-9-2-1-3-10-39)18(12-16)23-24-19-13-20(27(24)46-29-28(23)47-32(44)38-29)26-25(19)30(42)40(31(26)43)17-6-4-5-15(11-17)33(35,36)37/h4-8,11-12,19-20,23-27H,1-3,9-10,13-14H2,(H,38,44)/t19?,20?,23-,24?,25?,26?,27?/m1/s1. The number of thioether (sulfide) groups is 1. The molecule has 2 bridgehead atoms. The fraction of sp³-hybridized carbons (Fsp3) is 0.455. The van der Waals surface area contributed by atoms with Gasteiger partial charge in [0.1, 0.15) is 5.75 Å². The smallest absolute Gasteiger partial charge is 0.416 e. The van der Waals surface area contributed by atoms with Gasteiger partial charge < -0.3 is 14.6 Å². The SMILES string of the molecule is O=C(COc1ccc(Cl)cc1[C@H]1c2sc(=O)[nH]c2SC2C3CC(C4C(=O)N(c5cccc(C(F)(F)F)c5)C(=O)C34)C21)N1CCCCC1. The third-order valence-corrected chi connectivity index (χ3v) is 13.3. The highest BCUT2D eigenvalue weighted by Crippen LogP contribution is 2.69. The van der Waals surface area contributed by atoms with E-state index in [1.807, 2.05) is 0 Å². The summed E-state index contributed by atoms with van der Waals surface area (Å²) in [6.07, 6.45) is -1.03. The molecule has 246 valence electrons. The van der Waals surface area contributed by atoms with Crippen molar-refractivity contribution in [3.63, 3.8) is 0 Å². The second-order valence-electron chi connectivity index (χ2n) is 12.9. The molecule has 2 aliphatic carbocycles. The van der Waals surface area contributed by atoms with Crippen molar-refractivity contribution in [1.29, 1.82) is 0 Å². The molecule has 1 aromatic heterocycles. The number of hydrogen-bond donors (Lipinski definition) is 1. The highest BCUT2D eigenvalue weighted by molar-refractivity contribution is 8.00. The molecule has 3 aromatic rings. The van der Waals surface area contributed by atoms with Crippen molar-refractivity contribution in [1.82, 2.24) is 9.88 Å². The summed E-state index contributed by atoms with van der Waals surface area (Å²) in [5.74, 6) is -3.09. The first-order valence-corrected chi connectivity index (χ1v) is 17.7. The van der Waals surface area contributed by atoms with E-state index in [2.05, 4.69) is 4.98 Å². The van der Waals surface area contributed by atoms with Crippen molar-refractivity contribution in [2.24, 2.45) is 29.6 Å². The molecule has 1 N–H and O–H groups in total. The van der Waals surface area contributed by atoms with E-state index < -0.39 is 41.3 Å². The van der Waals surface area contributed by atoms with Crippen LogP contribution in [0.3, 0.4) is 0 Å². The second-order valence-corrected chi connectivity index (χ2v) is 15.6. The number of nitrogens with one attached hydrogen (secondary N) is 1. The van der Waals surface area contributed by atoms with Gasteiger partial charge in [-0.3, -0.25) is 24.1 Å². The van der Waals surface area contributed by atoms with E-state index in [1.54, 1.807) is 23.1 Å². The number of halogens is 4. The zero-order valence-corrected chi connectivity index (χ0v) is 27.2. The number of imide groups is 1. The zero-order chi connectivity index (χ0) is 32.8. The number of aromatic nitrogens is 1. The molecular formula is C33H29ClF3N3O5S2. The minimum Gasteiger partial charge on any atom is -0.483 e. The summed E-state index contributed by atoms with van der Waals surface area (Å²) in [5.41, 5.74) is -0.310. The molecule has 7 atom stereocenters. The minimum atomic E-state index is -4.63. The van der Waals surface area contributed by atoms with E-state index in [0.29, 0.717) is 40.9 Å². The third-order valence-electron chi connectivity index (χ3n) is 10.5. The molecule has 8 nitrogen and oxygen atoms in total. The van der Waals surface area contributed by atoms with Crippen molar-refractivity contribution in [2.75, 3.05) is 24.6 Å². The minimum absolute atomic E-state index is 0.0804. The number of rotatable bonds is 5. The molecule has 3 aliphatic heterocycles. The van der Waals surface area contributed by atoms with Gasteiger partial charge in [0, 0.05) is 39.7 Å². The van der Waals surface area contributed by atoms with Crippen LogP contribution < -0.4 is 14.5 Å². The summed E-state index contributed by atoms with van der Waals surface area (Å²) >= 11 is 9.14. The molecular weight excluding hydrogens is 675 g/mol. The Balaban J connectivity index is 1.15. The number of carbonyl (C=O) groups is 3. The van der Waals surface area contributed by atoms with Crippen LogP contribution in [0.25, 0.3) is 0 Å². The van der Waals surface area contributed by atoms with E-state index in [1.165, 1.54) is 23.9 Å². The fourth-order valence-corrected chi connectivity index (χ4v) is 11.8. The summed E-state index contributed by atoms with van der Waals surface area (Å²) in [6.45, 7) is 1.22. The van der Waals surface area contributed by atoms with Crippen LogP contribution in [-0.2, 0) is 20.6 Å². The van der Waals surface area contributed by atoms with Crippen molar-refractivity contribution < 1.29 is 32.3 Å². The molecule has 4 fully saturated rings. The van der Waals surface area contributed by atoms with Crippen molar-refractivity contribution in [3.8, 4) is 5.75 Å². The molecule has 0 spiro atoms. The number of ether oxygens (including phenoxy) is 1. The van der Waals surface area contributed by atoms with Gasteiger partial charge in [0.05, 0.1) is 28.1 Å². The van der Waals surface area contributed by atoms with E-state index in [9.17, 15) is 32.3 Å². The Morgan fingerprint density at radius 3 is 2.49 bits per heavy atom. The number of likely N-dealkylation sites (tertiary alicyclic amines) is 1. The lowest BCUT2D eigenvalue weighted by Crippen LogP contribution is -2.43. The number of nitrogens with zero attached hydrogens (tertiary/aromatic N) is 2. The van der Waals surface area contributed by atoms with Crippen molar-refractivity contribution in [2.45, 2.75) is 48.1 Å². The Bertz CT molecular complexity index is 1860. The predicted molar refractivity (Wildman–Crippen MR) is 170 cm³/mol. The number of thiazole rings is 1. The molecule has 5 aliphatic rings. The average molecular weight is 704 g/mol. The summed E-state index contributed by atoms with van der Waals surface area (Å²) in [4.78, 5) is 59.9. The van der Waals surface area contributed by atoms with Gasteiger partial charge in [0.2, 0.25) is 11.8 Å². The van der Waals surface area contributed by atoms with Gasteiger partial charge in [0.25, 0.3) is 5.91 Å². The Hall–Kier alpha value is -3.29. The van der Waals surface area contributed by atoms with Crippen LogP contribution >= 0.6 is 34.7 Å². The molecule has 3 amide bonds. The Labute approximate surface area is 280 Å². The van der Waals surface area contributed by atoms with Gasteiger partial charge in [0.15, 0.2) is 6.61 Å². The Morgan fingerprint density at radius 2 is 1.74 bits per heavy atom. The van der Waals surface area contributed by atoms with Gasteiger partial charge in [-0.05, 0) is 79.8 Å². The van der Waals surface area contributed by atoms with Gasteiger partial charge in [-0.1, -0.05) is 29.0 Å². The van der Waals surface area contributed by atoms with Crippen LogP contribution in [0.4, 0.5) is 18.9 Å². The number of carbonyl (C=O) groups excluding carboxylic acids is 3. The number of hydrogen-bond acceptors (Lipinski definition) is 7. The van der Waals surface area contributed by atoms with Crippen LogP contribution in [0, 0.1) is 29.6 Å². The van der Waals surface area contributed by atoms with Gasteiger partial charge in [-0.15, -0.1) is 11.8 Å². The molecule has 14 heteroatoms. The normalized spacial score (nSPS) is 29.6. The van der Waals surface area contributed by atoms with Crippen LogP contribution in [0.15, 0.2) is 52.3 Å². The Kier molecular flexibility index (Phi) is 7.53. The first-order valence-electron chi connectivity index (χ1n) is 15.7. The quantitative estimate of drug-likeness (QED) is 0.319. The molecule has 2 saturated heterocycles. The molecule has 4 heterocycles. The largest absolute Gasteiger partial charge is 0.483 e. The summed E-state index contributed by atoms with van der Waals surface area (Å²) in [5, 5.41) is 0.985. The third kappa shape index (κ3) is 5.02. The topological polar surface area (TPSA) is 99.8 Å². The van der Waals surface area contributed by atoms with Gasteiger partial charge >= 0.3 is 11.0 Å². The lowest BCUT2D eigenvalue weighted by molar-refractivity contribution is -0.137. The maximum atomic E-state index is 14.0. The van der Waals surface area contributed by atoms with E-state index in [0.717, 1.165) is 52.5 Å². The van der Waals surface area contributed by atoms with Gasteiger partial charge in [-0.25, -0.2) is 0 Å². The number of anilines is 1. The number of H-pyrrole nitrogens is 1. The second kappa shape index (κ2) is 11.4. The van der Waals surface area contributed by atoms with Crippen LogP contribution in [0.1, 0.15) is 47.6 Å². The average Bonchev–Trinajstić information content (AvgIpc) is 3.79. The van der Waals surface area contributed by atoms with Crippen molar-refractivity contribution in [3.05, 3.63) is 73.2 Å². The highest BCUT2D eigenvalue weighted by atomic mass is 35.5. The molecule has 2 aromatic carbocycles. The maximum Gasteiger partial charge on any atom is 0.416 e. The fourth-order valence-electron chi connectivity index (χ4n) is 8.71. The number of alkyl halides is 3. The number of aromatic amines is 1. The number of benzene rings is 2. The van der Waals surface area contributed by atoms with Crippen LogP contribution in [0.5, 0.6) is 5.75 Å². The monoisotopic (exact) mass is 703 g/mol. The lowest BCUT2D eigenvalue weighted by Gasteiger charge is -2.43. The summed E-state index contributed by atoms with van der Waals surface area (Å²) in [7, 11) is 0. The van der Waals surface area contributed by atoms with Crippen molar-refractivity contribution >= 4 is 58.1 Å². The highest BCUT2D eigenvalue weighted by Gasteiger charge is 2.70. The van der Waals surface area contributed by atoms with E-state index in [-0.39, 0.29) is 46.1 Å². The number of amides is 3. The van der Waals surface area contributed by atoms with E-state index >= 15 is 0 Å². The predicted octanol–water partition coefficient (Wildman–Crippen LogP) is 6.18. The van der Waals surface area contributed by atoms with Crippen LogP contribution in [-0.4, -0.2) is 52.6 Å². The molecule has 0 radical (unpaired) electrons. The maximum absolute atomic E-state index is 14.0. The zero-order valence-electron chi connectivity index (χ0n) is 24.8. The number of piperidine rings is 1. The Morgan fingerprint density at radius 1 is 1.00 bits per heavy atom. The molecule has 8 rings (SSSR count). The first-order chi connectivity index (χ1) is 22.5. The number of fused-ring (bicyclic) bond motifs is 9. The summed E-state index contributed by atoms with van der Waals surface area (Å²) in [6, 6.07) is 9.53. The molecule has 6 unspecified atom stereocenters. The summed E-state index contributed by atoms with van der Waals surface area (Å²) < 4.78 is 46.8. The lowest BCUT2D eigenvalue weighted by atomic mass is 9.68. The molecule has 2 saturated carbocycles.